The quantitative estimate of drug-likeness (QED) is 0.828. The summed E-state index contributed by atoms with van der Waals surface area (Å²) in [6, 6.07) is 12.3. The molecular weight excluding hydrogens is 337 g/mol. The topological polar surface area (TPSA) is 38.8 Å². The lowest BCUT2D eigenvalue weighted by molar-refractivity contribution is -0.125. The summed E-state index contributed by atoms with van der Waals surface area (Å²) < 4.78 is 11.3. The molecule has 0 saturated carbocycles. The van der Waals surface area contributed by atoms with Gasteiger partial charge in [0.25, 0.3) is 5.91 Å². The number of anilines is 1. The van der Waals surface area contributed by atoms with Crippen LogP contribution in [0.25, 0.3) is 0 Å². The van der Waals surface area contributed by atoms with Crippen molar-refractivity contribution in [2.45, 2.75) is 13.0 Å². The second-order valence-corrected chi connectivity index (χ2v) is 6.04. The largest absolute Gasteiger partial charge is 0.492 e. The minimum Gasteiger partial charge on any atom is -0.492 e. The van der Waals surface area contributed by atoms with E-state index in [1.54, 1.807) is 54.3 Å². The first-order chi connectivity index (χ1) is 11.0. The van der Waals surface area contributed by atoms with Crippen molar-refractivity contribution in [2.24, 2.45) is 0 Å². The van der Waals surface area contributed by atoms with Gasteiger partial charge < -0.3 is 14.4 Å². The highest BCUT2D eigenvalue weighted by Crippen LogP contribution is 2.36. The summed E-state index contributed by atoms with van der Waals surface area (Å²) in [5.74, 6) is 1.24. The van der Waals surface area contributed by atoms with Gasteiger partial charge in [-0.1, -0.05) is 23.2 Å². The van der Waals surface area contributed by atoms with Gasteiger partial charge >= 0.3 is 0 Å². The minimum atomic E-state index is -0.529. The summed E-state index contributed by atoms with van der Waals surface area (Å²) in [5.41, 5.74) is 0.667. The molecule has 0 saturated heterocycles. The lowest BCUT2D eigenvalue weighted by Crippen LogP contribution is -2.46. The first kappa shape index (κ1) is 16.0. The molecule has 0 N–H and O–H groups in total. The number of carbonyl (C=O) groups is 1. The predicted octanol–water partition coefficient (Wildman–Crippen LogP) is 4.19. The maximum absolute atomic E-state index is 12.4. The normalized spacial score (nSPS) is 16.7. The Labute approximate surface area is 144 Å². The first-order valence-corrected chi connectivity index (χ1v) is 7.96. The van der Waals surface area contributed by atoms with Gasteiger partial charge in [0.15, 0.2) is 6.10 Å². The number of ether oxygens (including phenoxy) is 2. The van der Waals surface area contributed by atoms with Crippen LogP contribution < -0.4 is 14.4 Å². The van der Waals surface area contributed by atoms with Crippen molar-refractivity contribution < 1.29 is 14.3 Å². The molecule has 3 rings (SSSR count). The fourth-order valence-electron chi connectivity index (χ4n) is 2.40. The molecule has 0 aromatic heterocycles. The van der Waals surface area contributed by atoms with Gasteiger partial charge in [-0.25, -0.2) is 0 Å². The van der Waals surface area contributed by atoms with Crippen molar-refractivity contribution in [2.75, 3.05) is 18.1 Å². The predicted molar refractivity (Wildman–Crippen MR) is 90.8 cm³/mol. The fourth-order valence-corrected chi connectivity index (χ4v) is 2.69. The molecule has 4 nitrogen and oxygen atoms in total. The number of carbonyl (C=O) groups excluding carboxylic acids is 1. The number of nitrogens with zero attached hydrogens (tertiary/aromatic N) is 1. The van der Waals surface area contributed by atoms with Crippen LogP contribution >= 0.6 is 23.2 Å². The molecule has 0 bridgehead atoms. The van der Waals surface area contributed by atoms with Gasteiger partial charge in [-0.2, -0.15) is 0 Å². The first-order valence-electron chi connectivity index (χ1n) is 7.20. The number of benzene rings is 2. The molecule has 2 aromatic rings. The molecule has 0 fully saturated rings. The summed E-state index contributed by atoms with van der Waals surface area (Å²) in [6.07, 6.45) is -0.529. The number of halogens is 2. The molecule has 1 aliphatic heterocycles. The van der Waals surface area contributed by atoms with E-state index in [1.165, 1.54) is 0 Å². The number of hydrogen-bond donors (Lipinski definition) is 0. The molecule has 1 heterocycles. The van der Waals surface area contributed by atoms with Gasteiger partial charge in [-0.3, -0.25) is 4.79 Å². The van der Waals surface area contributed by atoms with Crippen LogP contribution in [0.2, 0.25) is 10.0 Å². The van der Waals surface area contributed by atoms with E-state index in [4.69, 9.17) is 32.7 Å². The van der Waals surface area contributed by atoms with Gasteiger partial charge in [0.1, 0.15) is 18.1 Å². The molecule has 1 unspecified atom stereocenters. The van der Waals surface area contributed by atoms with E-state index in [9.17, 15) is 4.79 Å². The van der Waals surface area contributed by atoms with Crippen LogP contribution in [-0.4, -0.2) is 25.2 Å². The number of amides is 1. The molecule has 1 atom stereocenters. The Bertz CT molecular complexity index is 718. The maximum Gasteiger partial charge on any atom is 0.267 e. The lowest BCUT2D eigenvalue weighted by Gasteiger charge is -2.33. The van der Waals surface area contributed by atoms with E-state index in [0.717, 1.165) is 0 Å². The highest BCUT2D eigenvalue weighted by atomic mass is 35.5. The van der Waals surface area contributed by atoms with Crippen molar-refractivity contribution in [3.05, 3.63) is 52.5 Å². The summed E-state index contributed by atoms with van der Waals surface area (Å²) in [5, 5.41) is 1.21. The SMILES string of the molecule is CC1Oc2ccc(Cl)cc2N(CCOc2ccc(Cl)cc2)C1=O. The van der Waals surface area contributed by atoms with Gasteiger partial charge in [0.2, 0.25) is 0 Å². The molecule has 6 heteroatoms. The van der Waals surface area contributed by atoms with Crippen LogP contribution in [0.3, 0.4) is 0 Å². The van der Waals surface area contributed by atoms with Crippen LogP contribution in [0, 0.1) is 0 Å². The Balaban J connectivity index is 1.72. The van der Waals surface area contributed by atoms with E-state index < -0.39 is 6.10 Å². The molecule has 23 heavy (non-hydrogen) atoms. The second kappa shape index (κ2) is 6.69. The van der Waals surface area contributed by atoms with Gasteiger partial charge in [0.05, 0.1) is 12.2 Å². The standard InChI is InChI=1S/C17H15Cl2NO3/c1-11-17(21)20(15-10-13(19)4-7-16(15)23-11)8-9-22-14-5-2-12(18)3-6-14/h2-7,10-11H,8-9H2,1H3. The summed E-state index contributed by atoms with van der Waals surface area (Å²) >= 11 is 11.9. The van der Waals surface area contributed by atoms with Crippen molar-refractivity contribution >= 4 is 34.8 Å². The lowest BCUT2D eigenvalue weighted by atomic mass is 10.2. The van der Waals surface area contributed by atoms with E-state index in [-0.39, 0.29) is 5.91 Å². The molecule has 1 amide bonds. The monoisotopic (exact) mass is 351 g/mol. The second-order valence-electron chi connectivity index (χ2n) is 5.16. The van der Waals surface area contributed by atoms with Crippen molar-refractivity contribution in [1.29, 1.82) is 0 Å². The van der Waals surface area contributed by atoms with E-state index in [0.29, 0.717) is 40.4 Å². The Morgan fingerprint density at radius 2 is 1.83 bits per heavy atom. The Morgan fingerprint density at radius 1 is 1.13 bits per heavy atom. The Hall–Kier alpha value is -1.91. The smallest absolute Gasteiger partial charge is 0.267 e. The maximum atomic E-state index is 12.4. The van der Waals surface area contributed by atoms with E-state index in [2.05, 4.69) is 0 Å². The third kappa shape index (κ3) is 3.54. The van der Waals surface area contributed by atoms with Gasteiger partial charge in [0, 0.05) is 10.0 Å². The van der Waals surface area contributed by atoms with Crippen molar-refractivity contribution in [3.8, 4) is 11.5 Å². The van der Waals surface area contributed by atoms with E-state index in [1.807, 2.05) is 0 Å². The van der Waals surface area contributed by atoms with Crippen molar-refractivity contribution in [1.82, 2.24) is 0 Å². The van der Waals surface area contributed by atoms with Crippen LogP contribution in [-0.2, 0) is 4.79 Å². The van der Waals surface area contributed by atoms with Crippen molar-refractivity contribution in [3.63, 3.8) is 0 Å². The summed E-state index contributed by atoms with van der Waals surface area (Å²) in [6.45, 7) is 2.49. The van der Waals surface area contributed by atoms with Gasteiger partial charge in [-0.05, 0) is 49.4 Å². The van der Waals surface area contributed by atoms with Gasteiger partial charge in [-0.15, -0.1) is 0 Å². The van der Waals surface area contributed by atoms with E-state index >= 15 is 0 Å². The molecule has 1 aliphatic rings. The Kier molecular flexibility index (Phi) is 4.64. The average Bonchev–Trinajstić information content (AvgIpc) is 2.53. The van der Waals surface area contributed by atoms with Crippen LogP contribution in [0.4, 0.5) is 5.69 Å². The zero-order chi connectivity index (χ0) is 16.4. The molecule has 0 radical (unpaired) electrons. The number of fused-ring (bicyclic) bond motifs is 1. The summed E-state index contributed by atoms with van der Waals surface area (Å²) in [4.78, 5) is 14.0. The zero-order valence-electron chi connectivity index (χ0n) is 12.5. The average molecular weight is 352 g/mol. The Morgan fingerprint density at radius 3 is 2.57 bits per heavy atom. The molecule has 0 aliphatic carbocycles. The summed E-state index contributed by atoms with van der Waals surface area (Å²) in [7, 11) is 0. The molecule has 0 spiro atoms. The third-order valence-corrected chi connectivity index (χ3v) is 4.01. The highest BCUT2D eigenvalue weighted by Gasteiger charge is 2.31. The van der Waals surface area contributed by atoms with Crippen LogP contribution in [0.15, 0.2) is 42.5 Å². The molecular formula is C17H15Cl2NO3. The zero-order valence-corrected chi connectivity index (χ0v) is 14.0. The third-order valence-electron chi connectivity index (χ3n) is 3.53. The minimum absolute atomic E-state index is 0.112. The highest BCUT2D eigenvalue weighted by molar-refractivity contribution is 6.31. The number of hydrogen-bond acceptors (Lipinski definition) is 3. The molecule has 2 aromatic carbocycles. The molecule has 120 valence electrons. The van der Waals surface area contributed by atoms with Crippen LogP contribution in [0.1, 0.15) is 6.92 Å². The fraction of sp³-hybridized carbons (Fsp3) is 0.235. The van der Waals surface area contributed by atoms with Crippen LogP contribution in [0.5, 0.6) is 11.5 Å². The number of rotatable bonds is 4.